The van der Waals surface area contributed by atoms with E-state index in [-0.39, 0.29) is 11.2 Å². The average Bonchev–Trinajstić information content (AvgIpc) is 2.99. The summed E-state index contributed by atoms with van der Waals surface area (Å²) in [4.78, 5) is 12.3. The van der Waals surface area contributed by atoms with Gasteiger partial charge in [0.15, 0.2) is 5.78 Å². The molecule has 0 aliphatic heterocycles. The fourth-order valence-corrected chi connectivity index (χ4v) is 2.37. The lowest BCUT2D eigenvalue weighted by Crippen LogP contribution is -2.28. The molecule has 0 aromatic heterocycles. The first-order chi connectivity index (χ1) is 7.19. The lowest BCUT2D eigenvalue weighted by molar-refractivity contribution is 0.0899. The largest absolute Gasteiger partial charge is 0.319 e. The monoisotopic (exact) mass is 267 g/mol. The molecule has 80 valence electrons. The van der Waals surface area contributed by atoms with Crippen molar-refractivity contribution < 1.29 is 4.79 Å². The summed E-state index contributed by atoms with van der Waals surface area (Å²) >= 11 is 3.43. The SMILES string of the molecule is CNCC1(C(=O)c2ccccc2Br)CC1. The van der Waals surface area contributed by atoms with Crippen LogP contribution in [0.15, 0.2) is 28.7 Å². The predicted molar refractivity (Wildman–Crippen MR) is 64.1 cm³/mol. The molecule has 0 amide bonds. The van der Waals surface area contributed by atoms with Gasteiger partial charge in [-0.1, -0.05) is 34.1 Å². The van der Waals surface area contributed by atoms with Crippen LogP contribution in [0.3, 0.4) is 0 Å². The maximum Gasteiger partial charge on any atom is 0.171 e. The van der Waals surface area contributed by atoms with Gasteiger partial charge in [-0.15, -0.1) is 0 Å². The van der Waals surface area contributed by atoms with E-state index in [1.165, 1.54) is 0 Å². The van der Waals surface area contributed by atoms with E-state index in [0.717, 1.165) is 29.4 Å². The lowest BCUT2D eigenvalue weighted by atomic mass is 9.95. The van der Waals surface area contributed by atoms with Crippen LogP contribution in [0.4, 0.5) is 0 Å². The second-order valence-corrected chi connectivity index (χ2v) is 4.97. The summed E-state index contributed by atoms with van der Waals surface area (Å²) in [5.41, 5.74) is 0.684. The van der Waals surface area contributed by atoms with Crippen LogP contribution in [0, 0.1) is 5.41 Å². The van der Waals surface area contributed by atoms with Gasteiger partial charge >= 0.3 is 0 Å². The zero-order chi connectivity index (χ0) is 10.9. The standard InChI is InChI=1S/C12H14BrNO/c1-14-8-12(6-7-12)11(15)9-4-2-3-5-10(9)13/h2-5,14H,6-8H2,1H3. The van der Waals surface area contributed by atoms with Gasteiger partial charge in [0.1, 0.15) is 0 Å². The topological polar surface area (TPSA) is 29.1 Å². The molecule has 3 heteroatoms. The van der Waals surface area contributed by atoms with Crippen LogP contribution in [-0.2, 0) is 0 Å². The minimum absolute atomic E-state index is 0.126. The van der Waals surface area contributed by atoms with E-state index in [4.69, 9.17) is 0 Å². The summed E-state index contributed by atoms with van der Waals surface area (Å²) in [6, 6.07) is 7.65. The molecule has 0 unspecified atom stereocenters. The van der Waals surface area contributed by atoms with Crippen molar-refractivity contribution in [3.05, 3.63) is 34.3 Å². The number of hydrogen-bond donors (Lipinski definition) is 1. The number of benzene rings is 1. The minimum atomic E-state index is -0.126. The molecule has 1 aromatic rings. The molecule has 0 heterocycles. The number of hydrogen-bond acceptors (Lipinski definition) is 2. The Morgan fingerprint density at radius 2 is 2.13 bits per heavy atom. The Morgan fingerprint density at radius 1 is 1.47 bits per heavy atom. The number of rotatable bonds is 4. The van der Waals surface area contributed by atoms with Crippen molar-refractivity contribution in [2.45, 2.75) is 12.8 Å². The fourth-order valence-electron chi connectivity index (χ4n) is 1.90. The highest BCUT2D eigenvalue weighted by molar-refractivity contribution is 9.10. The van der Waals surface area contributed by atoms with Gasteiger partial charge in [-0.25, -0.2) is 0 Å². The number of nitrogens with one attached hydrogen (secondary N) is 1. The normalized spacial score (nSPS) is 17.5. The number of carbonyl (C=O) groups is 1. The van der Waals surface area contributed by atoms with Gasteiger partial charge < -0.3 is 5.32 Å². The molecule has 0 bridgehead atoms. The smallest absolute Gasteiger partial charge is 0.171 e. The Balaban J connectivity index is 2.25. The van der Waals surface area contributed by atoms with Crippen molar-refractivity contribution in [3.8, 4) is 0 Å². The summed E-state index contributed by atoms with van der Waals surface area (Å²) in [6.07, 6.45) is 2.02. The quantitative estimate of drug-likeness (QED) is 0.850. The van der Waals surface area contributed by atoms with Crippen LogP contribution >= 0.6 is 15.9 Å². The molecule has 2 nitrogen and oxygen atoms in total. The summed E-state index contributed by atoms with van der Waals surface area (Å²) in [5, 5.41) is 3.10. The molecule has 0 atom stereocenters. The molecule has 1 aliphatic carbocycles. The zero-order valence-electron chi connectivity index (χ0n) is 8.72. The van der Waals surface area contributed by atoms with Crippen molar-refractivity contribution in [2.24, 2.45) is 5.41 Å². The molecule has 0 spiro atoms. The minimum Gasteiger partial charge on any atom is -0.319 e. The van der Waals surface area contributed by atoms with Crippen molar-refractivity contribution >= 4 is 21.7 Å². The van der Waals surface area contributed by atoms with Crippen molar-refractivity contribution in [1.82, 2.24) is 5.32 Å². The molecular formula is C12H14BrNO. The van der Waals surface area contributed by atoms with Crippen LogP contribution in [-0.4, -0.2) is 19.4 Å². The van der Waals surface area contributed by atoms with Gasteiger partial charge in [0.25, 0.3) is 0 Å². The number of Topliss-reactive ketones (excluding diaryl/α,β-unsaturated/α-hetero) is 1. The molecule has 1 N–H and O–H groups in total. The van der Waals surface area contributed by atoms with Gasteiger partial charge in [0.2, 0.25) is 0 Å². The Labute approximate surface area is 98.2 Å². The predicted octanol–water partition coefficient (Wildman–Crippen LogP) is 2.63. The van der Waals surface area contributed by atoms with Crippen LogP contribution in [0.25, 0.3) is 0 Å². The van der Waals surface area contributed by atoms with E-state index in [0.29, 0.717) is 0 Å². The van der Waals surface area contributed by atoms with E-state index >= 15 is 0 Å². The lowest BCUT2D eigenvalue weighted by Gasteiger charge is -2.14. The highest BCUT2D eigenvalue weighted by atomic mass is 79.9. The van der Waals surface area contributed by atoms with Gasteiger partial charge in [-0.3, -0.25) is 4.79 Å². The summed E-state index contributed by atoms with van der Waals surface area (Å²) < 4.78 is 0.900. The van der Waals surface area contributed by atoms with Crippen molar-refractivity contribution in [2.75, 3.05) is 13.6 Å². The molecule has 2 rings (SSSR count). The van der Waals surface area contributed by atoms with Crippen LogP contribution in [0.1, 0.15) is 23.2 Å². The van der Waals surface area contributed by atoms with E-state index in [2.05, 4.69) is 21.2 Å². The third-order valence-electron chi connectivity index (χ3n) is 2.97. The Bertz CT molecular complexity index is 385. The van der Waals surface area contributed by atoms with E-state index in [9.17, 15) is 4.79 Å². The number of halogens is 1. The van der Waals surface area contributed by atoms with Gasteiger partial charge in [0, 0.05) is 22.0 Å². The molecule has 0 radical (unpaired) electrons. The van der Waals surface area contributed by atoms with Gasteiger partial charge in [0.05, 0.1) is 0 Å². The average molecular weight is 268 g/mol. The Hall–Kier alpha value is -0.670. The first-order valence-electron chi connectivity index (χ1n) is 5.13. The van der Waals surface area contributed by atoms with E-state index in [1.807, 2.05) is 31.3 Å². The summed E-state index contributed by atoms with van der Waals surface area (Å²) in [7, 11) is 1.90. The van der Waals surface area contributed by atoms with E-state index in [1.54, 1.807) is 0 Å². The zero-order valence-corrected chi connectivity index (χ0v) is 10.3. The highest BCUT2D eigenvalue weighted by Crippen LogP contribution is 2.48. The number of carbonyl (C=O) groups excluding carboxylic acids is 1. The maximum atomic E-state index is 12.3. The second kappa shape index (κ2) is 4.06. The Kier molecular flexibility index (Phi) is 2.94. The molecule has 1 fully saturated rings. The third kappa shape index (κ3) is 1.99. The van der Waals surface area contributed by atoms with Gasteiger partial charge in [-0.05, 0) is 26.0 Å². The summed E-state index contributed by atoms with van der Waals surface area (Å²) in [6.45, 7) is 0.785. The second-order valence-electron chi connectivity index (χ2n) is 4.12. The highest BCUT2D eigenvalue weighted by Gasteiger charge is 2.49. The fraction of sp³-hybridized carbons (Fsp3) is 0.417. The Morgan fingerprint density at radius 3 is 2.67 bits per heavy atom. The molecule has 0 saturated heterocycles. The van der Waals surface area contributed by atoms with Crippen LogP contribution < -0.4 is 5.32 Å². The molecule has 15 heavy (non-hydrogen) atoms. The van der Waals surface area contributed by atoms with Crippen molar-refractivity contribution in [3.63, 3.8) is 0 Å². The molecule has 1 saturated carbocycles. The summed E-state index contributed by atoms with van der Waals surface area (Å²) in [5.74, 6) is 0.268. The molecule has 1 aliphatic rings. The van der Waals surface area contributed by atoms with Crippen molar-refractivity contribution in [1.29, 1.82) is 0 Å². The van der Waals surface area contributed by atoms with Gasteiger partial charge in [-0.2, -0.15) is 0 Å². The third-order valence-corrected chi connectivity index (χ3v) is 3.66. The molecule has 1 aromatic carbocycles. The number of ketones is 1. The van der Waals surface area contributed by atoms with Crippen LogP contribution in [0.5, 0.6) is 0 Å². The molecular weight excluding hydrogens is 254 g/mol. The van der Waals surface area contributed by atoms with E-state index < -0.39 is 0 Å². The van der Waals surface area contributed by atoms with Crippen LogP contribution in [0.2, 0.25) is 0 Å². The first kappa shape index (κ1) is 10.8. The first-order valence-corrected chi connectivity index (χ1v) is 5.93. The maximum absolute atomic E-state index is 12.3.